The first-order chi connectivity index (χ1) is 7.93. The van der Waals surface area contributed by atoms with Gasteiger partial charge in [-0.25, -0.2) is 0 Å². The van der Waals surface area contributed by atoms with Crippen LogP contribution in [0.5, 0.6) is 0 Å². The minimum absolute atomic E-state index is 0.200. The van der Waals surface area contributed by atoms with Gasteiger partial charge in [-0.3, -0.25) is 4.79 Å². The predicted molar refractivity (Wildman–Crippen MR) is 68.2 cm³/mol. The highest BCUT2D eigenvalue weighted by atomic mass is 35.5. The summed E-state index contributed by atoms with van der Waals surface area (Å²) in [6, 6.07) is 6.87. The molecule has 0 bridgehead atoms. The molecule has 5 heteroatoms. The van der Waals surface area contributed by atoms with Crippen molar-refractivity contribution in [2.45, 2.75) is 25.8 Å². The van der Waals surface area contributed by atoms with Gasteiger partial charge in [0, 0.05) is 0 Å². The molecule has 0 aliphatic rings. The molecule has 1 rings (SSSR count). The number of carbonyl (C=O) groups excluding carboxylic acids is 1. The van der Waals surface area contributed by atoms with Gasteiger partial charge in [0.05, 0.1) is 21.7 Å². The fourth-order valence-corrected chi connectivity index (χ4v) is 1.79. The molecule has 0 saturated heterocycles. The summed E-state index contributed by atoms with van der Waals surface area (Å²) in [5.74, 6) is -0.438. The van der Waals surface area contributed by atoms with Gasteiger partial charge in [0.2, 0.25) is 0 Å². The normalized spacial score (nSPS) is 13.6. The van der Waals surface area contributed by atoms with Gasteiger partial charge in [-0.2, -0.15) is 5.26 Å². The largest absolute Gasteiger partial charge is 0.334 e. The van der Waals surface area contributed by atoms with E-state index in [-0.39, 0.29) is 15.6 Å². The molecule has 0 fully saturated rings. The van der Waals surface area contributed by atoms with Gasteiger partial charge in [0.1, 0.15) is 5.54 Å². The number of hydrogen-bond donors (Lipinski definition) is 1. The molecule has 1 N–H and O–H groups in total. The maximum atomic E-state index is 12.0. The van der Waals surface area contributed by atoms with Gasteiger partial charge >= 0.3 is 0 Å². The van der Waals surface area contributed by atoms with Crippen LogP contribution in [0.3, 0.4) is 0 Å². The summed E-state index contributed by atoms with van der Waals surface area (Å²) in [5, 5.41) is 12.2. The highest BCUT2D eigenvalue weighted by Crippen LogP contribution is 2.24. The zero-order valence-corrected chi connectivity index (χ0v) is 11.1. The summed E-state index contributed by atoms with van der Waals surface area (Å²) < 4.78 is 0. The minimum atomic E-state index is -0.917. The lowest BCUT2D eigenvalue weighted by Gasteiger charge is -2.21. The second kappa shape index (κ2) is 5.39. The summed E-state index contributed by atoms with van der Waals surface area (Å²) >= 11 is 11.8. The van der Waals surface area contributed by atoms with Crippen molar-refractivity contribution in [3.63, 3.8) is 0 Å². The minimum Gasteiger partial charge on any atom is -0.334 e. The molecule has 1 amide bonds. The molecule has 1 aromatic rings. The van der Waals surface area contributed by atoms with Crippen LogP contribution in [-0.2, 0) is 0 Å². The third-order valence-electron chi connectivity index (χ3n) is 2.53. The van der Waals surface area contributed by atoms with Crippen molar-refractivity contribution in [3.8, 4) is 6.07 Å². The first-order valence-electron chi connectivity index (χ1n) is 5.11. The van der Waals surface area contributed by atoms with Crippen molar-refractivity contribution < 1.29 is 4.79 Å². The fourth-order valence-electron chi connectivity index (χ4n) is 1.22. The Morgan fingerprint density at radius 3 is 2.41 bits per heavy atom. The van der Waals surface area contributed by atoms with E-state index < -0.39 is 11.4 Å². The molecule has 0 aliphatic carbocycles. The Bertz CT molecular complexity index is 462. The summed E-state index contributed by atoms with van der Waals surface area (Å²) in [6.07, 6.45) is 0.497. The van der Waals surface area contributed by atoms with Crippen LogP contribution < -0.4 is 5.32 Å². The molecule has 90 valence electrons. The molecule has 0 aromatic heterocycles. The van der Waals surface area contributed by atoms with Crippen molar-refractivity contribution in [1.29, 1.82) is 5.26 Å². The molecular weight excluding hydrogens is 259 g/mol. The zero-order valence-electron chi connectivity index (χ0n) is 9.55. The molecule has 3 nitrogen and oxygen atoms in total. The summed E-state index contributed by atoms with van der Waals surface area (Å²) in [5.41, 5.74) is -0.717. The summed E-state index contributed by atoms with van der Waals surface area (Å²) in [6.45, 7) is 3.47. The second-order valence-electron chi connectivity index (χ2n) is 3.85. The van der Waals surface area contributed by atoms with E-state index >= 15 is 0 Å². The fraction of sp³-hybridized carbons (Fsp3) is 0.333. The number of nitriles is 1. The smallest absolute Gasteiger partial charge is 0.255 e. The van der Waals surface area contributed by atoms with Crippen LogP contribution >= 0.6 is 23.2 Å². The van der Waals surface area contributed by atoms with E-state index in [0.29, 0.717) is 6.42 Å². The van der Waals surface area contributed by atoms with E-state index in [4.69, 9.17) is 28.5 Å². The summed E-state index contributed by atoms with van der Waals surface area (Å²) in [7, 11) is 0. The van der Waals surface area contributed by atoms with E-state index in [1.54, 1.807) is 25.1 Å². The Morgan fingerprint density at radius 1 is 1.47 bits per heavy atom. The lowest BCUT2D eigenvalue weighted by Crippen LogP contribution is -2.44. The van der Waals surface area contributed by atoms with Gasteiger partial charge in [0.15, 0.2) is 0 Å². The highest BCUT2D eigenvalue weighted by Gasteiger charge is 2.26. The van der Waals surface area contributed by atoms with Crippen LogP contribution in [0.1, 0.15) is 30.6 Å². The zero-order chi connectivity index (χ0) is 13.1. The molecule has 0 radical (unpaired) electrons. The van der Waals surface area contributed by atoms with Crippen molar-refractivity contribution in [2.24, 2.45) is 0 Å². The third-order valence-corrected chi connectivity index (χ3v) is 3.16. The molecule has 0 heterocycles. The molecule has 0 saturated carbocycles. The van der Waals surface area contributed by atoms with E-state index in [1.165, 1.54) is 0 Å². The van der Waals surface area contributed by atoms with E-state index in [1.807, 2.05) is 13.0 Å². The Kier molecular flexibility index (Phi) is 4.39. The Labute approximate surface area is 110 Å². The van der Waals surface area contributed by atoms with E-state index in [0.717, 1.165) is 0 Å². The van der Waals surface area contributed by atoms with Gasteiger partial charge in [-0.05, 0) is 25.5 Å². The lowest BCUT2D eigenvalue weighted by molar-refractivity contribution is 0.0923. The Hall–Kier alpha value is -1.24. The van der Waals surface area contributed by atoms with Gasteiger partial charge in [0.25, 0.3) is 5.91 Å². The van der Waals surface area contributed by atoms with Crippen molar-refractivity contribution in [1.82, 2.24) is 5.32 Å². The average molecular weight is 271 g/mol. The SMILES string of the molecule is CCC(C)(C#N)NC(=O)c1c(Cl)cccc1Cl. The predicted octanol–water partition coefficient (Wildman–Crippen LogP) is 3.42. The van der Waals surface area contributed by atoms with Crippen molar-refractivity contribution in [3.05, 3.63) is 33.8 Å². The standard InChI is InChI=1S/C12H12Cl2N2O/c1-3-12(2,7-15)16-11(17)10-8(13)5-4-6-9(10)14/h4-6H,3H2,1-2H3,(H,16,17). The van der Waals surface area contributed by atoms with E-state index in [2.05, 4.69) is 5.32 Å². The maximum absolute atomic E-state index is 12.0. The quantitative estimate of drug-likeness (QED) is 0.915. The molecular formula is C12H12Cl2N2O. The van der Waals surface area contributed by atoms with Gasteiger partial charge in [-0.15, -0.1) is 0 Å². The highest BCUT2D eigenvalue weighted by molar-refractivity contribution is 6.39. The first kappa shape index (κ1) is 13.8. The van der Waals surface area contributed by atoms with Crippen molar-refractivity contribution in [2.75, 3.05) is 0 Å². The van der Waals surface area contributed by atoms with Crippen LogP contribution in [0.25, 0.3) is 0 Å². The average Bonchev–Trinajstić information content (AvgIpc) is 2.28. The molecule has 1 aromatic carbocycles. The Morgan fingerprint density at radius 2 is 2.00 bits per heavy atom. The number of nitrogens with one attached hydrogen (secondary N) is 1. The number of hydrogen-bond acceptors (Lipinski definition) is 2. The van der Waals surface area contributed by atoms with E-state index in [9.17, 15) is 4.79 Å². The molecule has 0 aliphatic heterocycles. The van der Waals surface area contributed by atoms with Crippen LogP contribution in [0.2, 0.25) is 10.0 Å². The van der Waals surface area contributed by atoms with Crippen LogP contribution in [0, 0.1) is 11.3 Å². The number of nitrogens with zero attached hydrogens (tertiary/aromatic N) is 1. The molecule has 0 spiro atoms. The molecule has 1 atom stereocenters. The number of rotatable bonds is 3. The number of amides is 1. The van der Waals surface area contributed by atoms with Crippen LogP contribution in [-0.4, -0.2) is 11.4 Å². The summed E-state index contributed by atoms with van der Waals surface area (Å²) in [4.78, 5) is 12.0. The maximum Gasteiger partial charge on any atom is 0.255 e. The van der Waals surface area contributed by atoms with Gasteiger partial charge in [-0.1, -0.05) is 36.2 Å². The first-order valence-corrected chi connectivity index (χ1v) is 5.87. The van der Waals surface area contributed by atoms with Gasteiger partial charge < -0.3 is 5.32 Å². The second-order valence-corrected chi connectivity index (χ2v) is 4.66. The number of halogens is 2. The monoisotopic (exact) mass is 270 g/mol. The number of carbonyl (C=O) groups is 1. The topological polar surface area (TPSA) is 52.9 Å². The molecule has 1 unspecified atom stereocenters. The molecule has 17 heavy (non-hydrogen) atoms. The Balaban J connectivity index is 3.03. The lowest BCUT2D eigenvalue weighted by atomic mass is 10.0. The number of benzene rings is 1. The van der Waals surface area contributed by atoms with Crippen LogP contribution in [0.4, 0.5) is 0 Å². The van der Waals surface area contributed by atoms with Crippen LogP contribution in [0.15, 0.2) is 18.2 Å². The third kappa shape index (κ3) is 3.12. The van der Waals surface area contributed by atoms with Crippen molar-refractivity contribution >= 4 is 29.1 Å².